The molecule has 0 atom stereocenters. The fourth-order valence-electron chi connectivity index (χ4n) is 6.91. The molecular weight excluding hydrogens is 732 g/mol. The Labute approximate surface area is 305 Å². The maximum absolute atomic E-state index is 15.6. The summed E-state index contributed by atoms with van der Waals surface area (Å²) in [6.45, 7) is 3.82. The molecule has 2 N–H and O–H groups in total. The normalized spacial score (nSPS) is 16.9. The number of likely N-dealkylation sites (N-methyl/N-ethyl adjacent to an activating group) is 1. The molecule has 18 heteroatoms. The van der Waals surface area contributed by atoms with Crippen LogP contribution < -0.4 is 10.1 Å². The molecular formula is C36H38F8N6O4. The lowest BCUT2D eigenvalue weighted by atomic mass is 9.88. The van der Waals surface area contributed by atoms with Crippen LogP contribution in [0.5, 0.6) is 5.75 Å². The van der Waals surface area contributed by atoms with Gasteiger partial charge in [0.15, 0.2) is 11.6 Å². The molecule has 1 aliphatic carbocycles. The SMILES string of the molecule is CN(C)CC(C)(C)COc1ccc(CN2C(=O)C(C(=O)Nc3ccc(C(F)(F)F)cc3-c3cc(C(F)(F)F)ncn3)=C(O)C3(CCCC3)N2C)c(F)c1F. The Bertz CT molecular complexity index is 1960. The van der Waals surface area contributed by atoms with Crippen molar-refractivity contribution in [1.29, 1.82) is 0 Å². The van der Waals surface area contributed by atoms with E-state index < -0.39 is 92.8 Å². The fourth-order valence-corrected chi connectivity index (χ4v) is 6.91. The van der Waals surface area contributed by atoms with Crippen LogP contribution in [0, 0.1) is 17.0 Å². The quantitative estimate of drug-likeness (QED) is 0.163. The number of rotatable bonds is 10. The van der Waals surface area contributed by atoms with E-state index in [1.54, 1.807) is 0 Å². The summed E-state index contributed by atoms with van der Waals surface area (Å²) >= 11 is 0. The third-order valence-electron chi connectivity index (χ3n) is 9.40. The molecule has 2 aliphatic rings. The monoisotopic (exact) mass is 770 g/mol. The second-order valence-corrected chi connectivity index (χ2v) is 14.4. The highest BCUT2D eigenvalue weighted by Crippen LogP contribution is 2.45. The molecule has 5 rings (SSSR count). The van der Waals surface area contributed by atoms with Crippen LogP contribution in [0.25, 0.3) is 11.3 Å². The van der Waals surface area contributed by atoms with Gasteiger partial charge in [-0.05, 0) is 57.3 Å². The molecule has 292 valence electrons. The Morgan fingerprint density at radius 3 is 2.26 bits per heavy atom. The predicted molar refractivity (Wildman–Crippen MR) is 179 cm³/mol. The third-order valence-corrected chi connectivity index (χ3v) is 9.40. The highest BCUT2D eigenvalue weighted by molar-refractivity contribution is 6.24. The number of anilines is 1. The Hall–Kier alpha value is -4.84. The minimum atomic E-state index is -4.99. The van der Waals surface area contributed by atoms with Crippen LogP contribution in [-0.4, -0.2) is 81.6 Å². The number of aliphatic hydroxyl groups excluding tert-OH is 1. The zero-order chi connectivity index (χ0) is 40.0. The summed E-state index contributed by atoms with van der Waals surface area (Å²) in [5.74, 6) is -6.12. The van der Waals surface area contributed by atoms with Gasteiger partial charge in [-0.1, -0.05) is 32.8 Å². The molecule has 1 saturated carbocycles. The number of halogens is 8. The zero-order valence-electron chi connectivity index (χ0n) is 29.9. The van der Waals surface area contributed by atoms with Gasteiger partial charge in [0.25, 0.3) is 11.8 Å². The van der Waals surface area contributed by atoms with E-state index in [1.807, 2.05) is 32.8 Å². The molecule has 54 heavy (non-hydrogen) atoms. The highest BCUT2D eigenvalue weighted by atomic mass is 19.4. The number of carbonyl (C=O) groups is 2. The van der Waals surface area contributed by atoms with Crippen molar-refractivity contribution in [1.82, 2.24) is 24.9 Å². The number of nitrogens with one attached hydrogen (secondary N) is 1. The van der Waals surface area contributed by atoms with Crippen LogP contribution in [0.4, 0.5) is 40.8 Å². The molecule has 1 fully saturated rings. The van der Waals surface area contributed by atoms with E-state index in [0.717, 1.165) is 11.1 Å². The van der Waals surface area contributed by atoms with Gasteiger partial charge < -0.3 is 20.1 Å². The molecule has 0 unspecified atom stereocenters. The number of alkyl halides is 6. The number of benzene rings is 2. The molecule has 1 aromatic heterocycles. The van der Waals surface area contributed by atoms with Crippen LogP contribution in [0.3, 0.4) is 0 Å². The summed E-state index contributed by atoms with van der Waals surface area (Å²) in [5, 5.41) is 16.1. The lowest BCUT2D eigenvalue weighted by Gasteiger charge is -2.48. The van der Waals surface area contributed by atoms with E-state index in [1.165, 1.54) is 24.2 Å². The second-order valence-electron chi connectivity index (χ2n) is 14.4. The van der Waals surface area contributed by atoms with Crippen molar-refractivity contribution in [2.75, 3.05) is 39.6 Å². The van der Waals surface area contributed by atoms with Crippen molar-refractivity contribution in [2.45, 2.75) is 64.0 Å². The molecule has 2 aromatic carbocycles. The number of aliphatic hydroxyl groups is 1. The smallest absolute Gasteiger partial charge is 0.433 e. The lowest BCUT2D eigenvalue weighted by molar-refractivity contribution is -0.163. The van der Waals surface area contributed by atoms with E-state index in [9.17, 15) is 41.0 Å². The molecule has 0 radical (unpaired) electrons. The van der Waals surface area contributed by atoms with Crippen LogP contribution in [0.15, 0.2) is 54.1 Å². The number of nitrogens with zero attached hydrogens (tertiary/aromatic N) is 5. The Morgan fingerprint density at radius 2 is 1.65 bits per heavy atom. The van der Waals surface area contributed by atoms with E-state index >= 15 is 8.78 Å². The maximum Gasteiger partial charge on any atom is 0.433 e. The van der Waals surface area contributed by atoms with Gasteiger partial charge in [-0.15, -0.1) is 0 Å². The van der Waals surface area contributed by atoms with E-state index in [0.29, 0.717) is 43.9 Å². The van der Waals surface area contributed by atoms with Gasteiger partial charge in [0.05, 0.1) is 35.6 Å². The van der Waals surface area contributed by atoms with Gasteiger partial charge in [-0.2, -0.15) is 30.7 Å². The predicted octanol–water partition coefficient (Wildman–Crippen LogP) is 7.38. The summed E-state index contributed by atoms with van der Waals surface area (Å²) in [7, 11) is 5.16. The molecule has 10 nitrogen and oxygen atoms in total. The average Bonchev–Trinajstić information content (AvgIpc) is 3.58. The van der Waals surface area contributed by atoms with Gasteiger partial charge in [-0.3, -0.25) is 14.6 Å². The van der Waals surface area contributed by atoms with Gasteiger partial charge in [0.1, 0.15) is 23.4 Å². The first-order valence-corrected chi connectivity index (χ1v) is 16.7. The standard InChI is InChI=1S/C36H38F8N6O4/c1-33(2,17-48(3)4)18-54-25-11-8-20(28(37)29(25)38)16-50-32(53)27(30(51)34(49(50)5)12-6-7-13-34)31(52)47-23-10-9-21(35(39,40)41)14-22(23)24-15-26(36(42,43)44)46-19-45-24/h8-11,14-15,19,51H,6-7,12-13,16-18H2,1-5H3,(H,47,52). The average molecular weight is 771 g/mol. The van der Waals surface area contributed by atoms with Crippen molar-refractivity contribution in [2.24, 2.45) is 5.41 Å². The summed E-state index contributed by atoms with van der Waals surface area (Å²) in [5.41, 5.74) is -7.36. The first-order valence-electron chi connectivity index (χ1n) is 16.7. The van der Waals surface area contributed by atoms with Crippen molar-refractivity contribution in [3.8, 4) is 17.0 Å². The maximum atomic E-state index is 15.6. The molecule has 1 aliphatic heterocycles. The van der Waals surface area contributed by atoms with Gasteiger partial charge in [0.2, 0.25) is 5.82 Å². The summed E-state index contributed by atoms with van der Waals surface area (Å²) in [6.07, 6.45) is -7.89. The van der Waals surface area contributed by atoms with Crippen LogP contribution in [0.2, 0.25) is 0 Å². The Kier molecular flexibility index (Phi) is 11.0. The van der Waals surface area contributed by atoms with E-state index in [-0.39, 0.29) is 30.8 Å². The van der Waals surface area contributed by atoms with Gasteiger partial charge in [-0.25, -0.2) is 19.4 Å². The highest BCUT2D eigenvalue weighted by Gasteiger charge is 2.53. The summed E-state index contributed by atoms with van der Waals surface area (Å²) < 4.78 is 118. The summed E-state index contributed by atoms with van der Waals surface area (Å²) in [4.78, 5) is 36.7. The van der Waals surface area contributed by atoms with Crippen molar-refractivity contribution in [3.05, 3.63) is 82.5 Å². The van der Waals surface area contributed by atoms with Crippen molar-refractivity contribution >= 4 is 17.5 Å². The Morgan fingerprint density at radius 1 is 0.981 bits per heavy atom. The molecule has 2 amide bonds. The molecule has 0 bridgehead atoms. The minimum Gasteiger partial charge on any atom is -0.509 e. The topological polar surface area (TPSA) is 111 Å². The van der Waals surface area contributed by atoms with Crippen LogP contribution in [-0.2, 0) is 28.5 Å². The number of aromatic nitrogens is 2. The fraction of sp³-hybridized carbons (Fsp3) is 0.444. The number of amides is 2. The van der Waals surface area contributed by atoms with Crippen molar-refractivity contribution < 1.29 is 54.6 Å². The largest absolute Gasteiger partial charge is 0.509 e. The van der Waals surface area contributed by atoms with Gasteiger partial charge >= 0.3 is 12.4 Å². The third kappa shape index (κ3) is 8.13. The number of ether oxygens (including phenoxy) is 1. The lowest BCUT2D eigenvalue weighted by Crippen LogP contribution is -2.62. The first kappa shape index (κ1) is 40.3. The molecule has 3 aromatic rings. The van der Waals surface area contributed by atoms with Crippen LogP contribution in [0.1, 0.15) is 56.4 Å². The molecule has 1 spiro atoms. The van der Waals surface area contributed by atoms with Gasteiger partial charge in [0, 0.05) is 30.1 Å². The van der Waals surface area contributed by atoms with E-state index in [2.05, 4.69) is 15.3 Å². The second kappa shape index (κ2) is 14.8. The zero-order valence-corrected chi connectivity index (χ0v) is 29.9. The Balaban J connectivity index is 1.50. The number of hydrogen-bond acceptors (Lipinski definition) is 8. The van der Waals surface area contributed by atoms with Crippen molar-refractivity contribution in [3.63, 3.8) is 0 Å². The van der Waals surface area contributed by atoms with Crippen LogP contribution >= 0.6 is 0 Å². The first-order chi connectivity index (χ1) is 25.1. The number of hydrogen-bond donors (Lipinski definition) is 2. The number of hydrazine groups is 1. The molecule has 0 saturated heterocycles. The molecule has 2 heterocycles. The minimum absolute atomic E-state index is 0.0562. The number of carbonyl (C=O) groups excluding carboxylic acids is 2. The summed E-state index contributed by atoms with van der Waals surface area (Å²) in [6, 6.07) is 4.64. The van der Waals surface area contributed by atoms with E-state index in [4.69, 9.17) is 4.74 Å².